The first-order valence-electron chi connectivity index (χ1n) is 6.51. The molecule has 5 heteroatoms. The predicted molar refractivity (Wildman–Crippen MR) is 83.8 cm³/mol. The molecule has 4 nitrogen and oxygen atoms in total. The van der Waals surface area contributed by atoms with Crippen LogP contribution in [0.25, 0.3) is 0 Å². The lowest BCUT2D eigenvalue weighted by Crippen LogP contribution is -2.30. The van der Waals surface area contributed by atoms with Gasteiger partial charge in [-0.15, -0.1) is 18.3 Å². The summed E-state index contributed by atoms with van der Waals surface area (Å²) in [7, 11) is 1.60. The van der Waals surface area contributed by atoms with Gasteiger partial charge < -0.3 is 10.1 Å². The number of hydrogen-bond donors (Lipinski definition) is 1. The number of benzene rings is 1. The molecule has 0 saturated heterocycles. The molecule has 1 aliphatic rings. The molecular weight excluding hydrogens is 284 g/mol. The number of amides is 1. The van der Waals surface area contributed by atoms with E-state index in [1.807, 2.05) is 24.3 Å². The lowest BCUT2D eigenvalue weighted by Gasteiger charge is -2.25. The Hall–Kier alpha value is -2.19. The third-order valence-corrected chi connectivity index (χ3v) is 4.21. The third-order valence-electron chi connectivity index (χ3n) is 3.20. The van der Waals surface area contributed by atoms with Crippen LogP contribution in [0, 0.1) is 11.3 Å². The summed E-state index contributed by atoms with van der Waals surface area (Å²) in [6.45, 7) is 3.66. The van der Waals surface area contributed by atoms with Crippen molar-refractivity contribution in [3.63, 3.8) is 0 Å². The van der Waals surface area contributed by atoms with Gasteiger partial charge in [0.25, 0.3) is 0 Å². The molecule has 1 heterocycles. The standard InChI is InChI=1S/C16H16N2O2S/c1-3-7-21-16-14(10-17)13(9-15(19)18-16)11-5-4-6-12(8-11)20-2/h3-6,8,13H,1,7,9H2,2H3,(H,18,19)/t13-/m0/s1. The van der Waals surface area contributed by atoms with Gasteiger partial charge in [0.05, 0.1) is 23.8 Å². The highest BCUT2D eigenvalue weighted by molar-refractivity contribution is 8.03. The summed E-state index contributed by atoms with van der Waals surface area (Å²) in [6, 6.07) is 9.74. The SMILES string of the molecule is C=CCSC1=C(C#N)[C@H](c2cccc(OC)c2)CC(=O)N1. The minimum Gasteiger partial charge on any atom is -0.497 e. The monoisotopic (exact) mass is 300 g/mol. The van der Waals surface area contributed by atoms with Crippen LogP contribution >= 0.6 is 11.8 Å². The fourth-order valence-corrected chi connectivity index (χ4v) is 3.03. The Balaban J connectivity index is 2.41. The zero-order valence-corrected chi connectivity index (χ0v) is 12.6. The molecule has 1 amide bonds. The zero-order valence-electron chi connectivity index (χ0n) is 11.8. The maximum atomic E-state index is 11.9. The average molecular weight is 300 g/mol. The van der Waals surface area contributed by atoms with Crippen molar-refractivity contribution in [2.24, 2.45) is 0 Å². The van der Waals surface area contributed by atoms with Gasteiger partial charge in [0.15, 0.2) is 0 Å². The smallest absolute Gasteiger partial charge is 0.225 e. The number of hydrogen-bond acceptors (Lipinski definition) is 4. The van der Waals surface area contributed by atoms with E-state index in [9.17, 15) is 10.1 Å². The van der Waals surface area contributed by atoms with E-state index < -0.39 is 0 Å². The molecule has 1 aromatic carbocycles. The lowest BCUT2D eigenvalue weighted by atomic mass is 9.87. The van der Waals surface area contributed by atoms with Crippen LogP contribution in [-0.4, -0.2) is 18.8 Å². The predicted octanol–water partition coefficient (Wildman–Crippen LogP) is 2.95. The number of ether oxygens (including phenoxy) is 1. The number of nitrogens with one attached hydrogen (secondary N) is 1. The van der Waals surface area contributed by atoms with Crippen molar-refractivity contribution in [1.29, 1.82) is 5.26 Å². The number of carbonyl (C=O) groups excluding carboxylic acids is 1. The molecule has 0 bridgehead atoms. The molecular formula is C16H16N2O2S. The second-order valence-corrected chi connectivity index (χ2v) is 5.57. The number of nitriles is 1. The Morgan fingerprint density at radius 1 is 1.62 bits per heavy atom. The van der Waals surface area contributed by atoms with Crippen molar-refractivity contribution in [3.8, 4) is 11.8 Å². The van der Waals surface area contributed by atoms with E-state index in [1.54, 1.807) is 13.2 Å². The Kier molecular flexibility index (Phi) is 5.07. The molecule has 1 atom stereocenters. The Morgan fingerprint density at radius 3 is 3.10 bits per heavy atom. The number of nitrogens with zero attached hydrogens (tertiary/aromatic N) is 1. The number of rotatable bonds is 5. The van der Waals surface area contributed by atoms with Gasteiger partial charge in [-0.3, -0.25) is 4.79 Å². The van der Waals surface area contributed by atoms with Crippen molar-refractivity contribution in [3.05, 3.63) is 53.1 Å². The van der Waals surface area contributed by atoms with Gasteiger partial charge in [0.2, 0.25) is 5.91 Å². The lowest BCUT2D eigenvalue weighted by molar-refractivity contribution is -0.120. The van der Waals surface area contributed by atoms with E-state index in [-0.39, 0.29) is 18.2 Å². The van der Waals surface area contributed by atoms with Crippen LogP contribution in [0.5, 0.6) is 5.75 Å². The van der Waals surface area contributed by atoms with Gasteiger partial charge >= 0.3 is 0 Å². The summed E-state index contributed by atoms with van der Waals surface area (Å²) in [5.41, 5.74) is 1.51. The van der Waals surface area contributed by atoms with Gasteiger partial charge in [0, 0.05) is 18.1 Å². The number of methoxy groups -OCH3 is 1. The fourth-order valence-electron chi connectivity index (χ4n) is 2.22. The van der Waals surface area contributed by atoms with Crippen molar-refractivity contribution < 1.29 is 9.53 Å². The van der Waals surface area contributed by atoms with Crippen LogP contribution in [0.1, 0.15) is 17.9 Å². The van der Waals surface area contributed by atoms with Crippen LogP contribution in [-0.2, 0) is 4.79 Å². The van der Waals surface area contributed by atoms with Crippen molar-refractivity contribution in [2.75, 3.05) is 12.9 Å². The Bertz CT molecular complexity index is 631. The van der Waals surface area contributed by atoms with E-state index in [0.717, 1.165) is 11.3 Å². The second-order valence-electron chi connectivity index (χ2n) is 4.54. The Labute approximate surface area is 128 Å². The molecule has 0 unspecified atom stereocenters. The van der Waals surface area contributed by atoms with Crippen LogP contribution < -0.4 is 10.1 Å². The normalized spacial score (nSPS) is 17.9. The van der Waals surface area contributed by atoms with E-state index >= 15 is 0 Å². The van der Waals surface area contributed by atoms with Gasteiger partial charge in [0.1, 0.15) is 5.75 Å². The van der Waals surface area contributed by atoms with E-state index in [2.05, 4.69) is 18.0 Å². The van der Waals surface area contributed by atoms with Crippen molar-refractivity contribution in [2.45, 2.75) is 12.3 Å². The fraction of sp³-hybridized carbons (Fsp3) is 0.250. The molecule has 108 valence electrons. The number of carbonyl (C=O) groups is 1. The minimum atomic E-state index is -0.230. The first-order valence-corrected chi connectivity index (χ1v) is 7.50. The molecule has 0 radical (unpaired) electrons. The molecule has 1 N–H and O–H groups in total. The van der Waals surface area contributed by atoms with E-state index in [1.165, 1.54) is 11.8 Å². The summed E-state index contributed by atoms with van der Waals surface area (Å²) in [4.78, 5) is 11.9. The molecule has 0 fully saturated rings. The van der Waals surface area contributed by atoms with E-state index in [0.29, 0.717) is 16.4 Å². The van der Waals surface area contributed by atoms with Crippen LogP contribution in [0.2, 0.25) is 0 Å². The van der Waals surface area contributed by atoms with E-state index in [4.69, 9.17) is 4.74 Å². The molecule has 1 aliphatic heterocycles. The molecule has 0 spiro atoms. The first kappa shape index (κ1) is 15.2. The average Bonchev–Trinajstić information content (AvgIpc) is 2.52. The highest BCUT2D eigenvalue weighted by Crippen LogP contribution is 2.36. The molecule has 2 rings (SSSR count). The summed E-state index contributed by atoms with van der Waals surface area (Å²) < 4.78 is 5.22. The van der Waals surface area contributed by atoms with Crippen molar-refractivity contribution >= 4 is 17.7 Å². The minimum absolute atomic E-state index is 0.0756. The largest absolute Gasteiger partial charge is 0.497 e. The third kappa shape index (κ3) is 3.47. The maximum Gasteiger partial charge on any atom is 0.225 e. The summed E-state index contributed by atoms with van der Waals surface area (Å²) in [5, 5.41) is 12.9. The molecule has 21 heavy (non-hydrogen) atoms. The summed E-state index contributed by atoms with van der Waals surface area (Å²) >= 11 is 1.42. The van der Waals surface area contributed by atoms with Gasteiger partial charge in [-0.25, -0.2) is 0 Å². The molecule has 1 aromatic rings. The van der Waals surface area contributed by atoms with Crippen LogP contribution in [0.15, 0.2) is 47.5 Å². The molecule has 0 saturated carbocycles. The second kappa shape index (κ2) is 7.00. The van der Waals surface area contributed by atoms with Crippen LogP contribution in [0.4, 0.5) is 0 Å². The number of thioether (sulfide) groups is 1. The molecule has 0 aliphatic carbocycles. The Morgan fingerprint density at radius 2 is 2.43 bits per heavy atom. The van der Waals surface area contributed by atoms with Crippen molar-refractivity contribution in [1.82, 2.24) is 5.32 Å². The number of allylic oxidation sites excluding steroid dienone is 1. The highest BCUT2D eigenvalue weighted by Gasteiger charge is 2.29. The maximum absolute atomic E-state index is 11.9. The quantitative estimate of drug-likeness (QED) is 0.849. The summed E-state index contributed by atoms with van der Waals surface area (Å²) in [5.74, 6) is 1.06. The van der Waals surface area contributed by atoms with Gasteiger partial charge in [-0.1, -0.05) is 18.2 Å². The molecule has 0 aromatic heterocycles. The van der Waals surface area contributed by atoms with Gasteiger partial charge in [-0.05, 0) is 17.7 Å². The topological polar surface area (TPSA) is 62.1 Å². The van der Waals surface area contributed by atoms with Crippen LogP contribution in [0.3, 0.4) is 0 Å². The first-order chi connectivity index (χ1) is 10.2. The summed E-state index contributed by atoms with van der Waals surface area (Å²) in [6.07, 6.45) is 2.02. The zero-order chi connectivity index (χ0) is 15.2. The highest BCUT2D eigenvalue weighted by atomic mass is 32.2. The van der Waals surface area contributed by atoms with Gasteiger partial charge in [-0.2, -0.15) is 5.26 Å².